The summed E-state index contributed by atoms with van der Waals surface area (Å²) in [5.74, 6) is 0.532. The van der Waals surface area contributed by atoms with Gasteiger partial charge in [0.25, 0.3) is 0 Å². The van der Waals surface area contributed by atoms with Gasteiger partial charge < -0.3 is 4.42 Å². The Labute approximate surface area is 160 Å². The van der Waals surface area contributed by atoms with Gasteiger partial charge in [-0.25, -0.2) is 18.1 Å². The lowest BCUT2D eigenvalue weighted by Gasteiger charge is -2.07. The van der Waals surface area contributed by atoms with Gasteiger partial charge in [-0.2, -0.15) is 0 Å². The van der Waals surface area contributed by atoms with Crippen LogP contribution in [0.3, 0.4) is 0 Å². The fraction of sp³-hybridized carbons (Fsp3) is 0.381. The Kier molecular flexibility index (Phi) is 6.29. The molecule has 1 heterocycles. The van der Waals surface area contributed by atoms with Crippen molar-refractivity contribution in [2.75, 3.05) is 6.54 Å². The second kappa shape index (κ2) is 8.67. The Balaban J connectivity index is 1.57. The number of nitrogens with one attached hydrogen (secondary N) is 1. The van der Waals surface area contributed by atoms with Crippen LogP contribution in [0.2, 0.25) is 0 Å². The van der Waals surface area contributed by atoms with E-state index in [1.54, 1.807) is 12.1 Å². The predicted molar refractivity (Wildman–Crippen MR) is 107 cm³/mol. The average molecular weight is 387 g/mol. The van der Waals surface area contributed by atoms with Crippen molar-refractivity contribution in [3.8, 4) is 0 Å². The first kappa shape index (κ1) is 19.6. The molecule has 0 saturated heterocycles. The first-order valence-corrected chi connectivity index (χ1v) is 10.9. The quantitative estimate of drug-likeness (QED) is 0.554. The summed E-state index contributed by atoms with van der Waals surface area (Å²) in [5.41, 5.74) is 3.80. The molecular formula is C21H26N2O3S. The van der Waals surface area contributed by atoms with E-state index in [4.69, 9.17) is 4.42 Å². The predicted octanol–water partition coefficient (Wildman–Crippen LogP) is 4.39. The van der Waals surface area contributed by atoms with E-state index in [-0.39, 0.29) is 11.4 Å². The molecule has 5 nitrogen and oxygen atoms in total. The first-order chi connectivity index (χ1) is 13.0. The Morgan fingerprint density at radius 3 is 2.56 bits per heavy atom. The number of hydrogen-bond acceptors (Lipinski definition) is 4. The maximum Gasteiger partial charge on any atom is 0.240 e. The van der Waals surface area contributed by atoms with Gasteiger partial charge in [-0.3, -0.25) is 0 Å². The minimum absolute atomic E-state index is 0.242. The van der Waals surface area contributed by atoms with Crippen LogP contribution in [-0.4, -0.2) is 19.9 Å². The number of benzene rings is 2. The fourth-order valence-corrected chi connectivity index (χ4v) is 4.01. The SMILES string of the molecule is CCCCCc1ccc(S(=O)(=O)NCCc2nc3cc(C)ccc3o2)cc1. The van der Waals surface area contributed by atoms with Crippen LogP contribution in [0.15, 0.2) is 51.8 Å². The third-order valence-corrected chi connectivity index (χ3v) is 6.00. The van der Waals surface area contributed by atoms with Crippen LogP contribution >= 0.6 is 0 Å². The molecule has 0 amide bonds. The van der Waals surface area contributed by atoms with Crippen molar-refractivity contribution < 1.29 is 12.8 Å². The Hall–Kier alpha value is -2.18. The molecular weight excluding hydrogens is 360 g/mol. The number of nitrogens with zero attached hydrogens (tertiary/aromatic N) is 1. The molecule has 1 N–H and O–H groups in total. The Morgan fingerprint density at radius 2 is 1.81 bits per heavy atom. The smallest absolute Gasteiger partial charge is 0.240 e. The van der Waals surface area contributed by atoms with Crippen molar-refractivity contribution in [2.24, 2.45) is 0 Å². The molecule has 3 aromatic rings. The fourth-order valence-electron chi connectivity index (χ4n) is 2.98. The van der Waals surface area contributed by atoms with Gasteiger partial charge in [-0.05, 0) is 55.2 Å². The van der Waals surface area contributed by atoms with E-state index in [1.165, 1.54) is 18.4 Å². The molecule has 0 fully saturated rings. The minimum atomic E-state index is -3.53. The number of unbranched alkanes of at least 4 members (excludes halogenated alkanes) is 2. The van der Waals surface area contributed by atoms with Crippen molar-refractivity contribution in [3.63, 3.8) is 0 Å². The molecule has 0 aliphatic carbocycles. The van der Waals surface area contributed by atoms with E-state index in [0.29, 0.717) is 12.3 Å². The molecule has 2 aromatic carbocycles. The summed E-state index contributed by atoms with van der Waals surface area (Å²) in [7, 11) is -3.53. The zero-order valence-electron chi connectivity index (χ0n) is 15.9. The average Bonchev–Trinajstić information content (AvgIpc) is 3.04. The summed E-state index contributed by atoms with van der Waals surface area (Å²) < 4.78 is 33.2. The van der Waals surface area contributed by atoms with E-state index < -0.39 is 10.0 Å². The minimum Gasteiger partial charge on any atom is -0.441 e. The van der Waals surface area contributed by atoms with Gasteiger partial charge >= 0.3 is 0 Å². The summed E-state index contributed by atoms with van der Waals surface area (Å²) in [5, 5.41) is 0. The van der Waals surface area contributed by atoms with Gasteiger partial charge in [0.05, 0.1) is 4.90 Å². The highest BCUT2D eigenvalue weighted by Crippen LogP contribution is 2.17. The molecule has 6 heteroatoms. The number of rotatable bonds is 9. The van der Waals surface area contributed by atoms with E-state index in [2.05, 4.69) is 16.6 Å². The number of aromatic nitrogens is 1. The molecule has 0 atom stereocenters. The summed E-state index contributed by atoms with van der Waals surface area (Å²) in [6.07, 6.45) is 4.89. The molecule has 27 heavy (non-hydrogen) atoms. The van der Waals surface area contributed by atoms with E-state index >= 15 is 0 Å². The number of hydrogen-bond donors (Lipinski definition) is 1. The number of aryl methyl sites for hydroxylation is 2. The summed E-state index contributed by atoms with van der Waals surface area (Å²) in [4.78, 5) is 4.70. The van der Waals surface area contributed by atoms with Crippen molar-refractivity contribution in [1.29, 1.82) is 0 Å². The second-order valence-electron chi connectivity index (χ2n) is 6.83. The van der Waals surface area contributed by atoms with Crippen LogP contribution in [0, 0.1) is 6.92 Å². The summed E-state index contributed by atoms with van der Waals surface area (Å²) in [6, 6.07) is 12.9. The van der Waals surface area contributed by atoms with Crippen LogP contribution in [0.25, 0.3) is 11.1 Å². The third-order valence-electron chi connectivity index (χ3n) is 4.52. The van der Waals surface area contributed by atoms with Crippen LogP contribution < -0.4 is 4.72 Å². The highest BCUT2D eigenvalue weighted by atomic mass is 32.2. The lowest BCUT2D eigenvalue weighted by Crippen LogP contribution is -2.26. The third kappa shape index (κ3) is 5.17. The first-order valence-electron chi connectivity index (χ1n) is 9.42. The van der Waals surface area contributed by atoms with Crippen molar-refractivity contribution >= 4 is 21.1 Å². The normalized spacial score (nSPS) is 11.9. The number of sulfonamides is 1. The van der Waals surface area contributed by atoms with Gasteiger partial charge in [0, 0.05) is 13.0 Å². The van der Waals surface area contributed by atoms with Crippen LogP contribution in [-0.2, 0) is 22.9 Å². The van der Waals surface area contributed by atoms with Crippen LogP contribution in [0.4, 0.5) is 0 Å². The lowest BCUT2D eigenvalue weighted by molar-refractivity contribution is 0.523. The molecule has 0 radical (unpaired) electrons. The van der Waals surface area contributed by atoms with Gasteiger partial charge in [-0.15, -0.1) is 0 Å². The monoisotopic (exact) mass is 386 g/mol. The van der Waals surface area contributed by atoms with E-state index in [1.807, 2.05) is 37.3 Å². The molecule has 0 aliphatic heterocycles. The molecule has 0 spiro atoms. The van der Waals surface area contributed by atoms with Gasteiger partial charge in [0.1, 0.15) is 5.52 Å². The topological polar surface area (TPSA) is 72.2 Å². The molecule has 0 bridgehead atoms. The molecule has 0 unspecified atom stereocenters. The number of oxazole rings is 1. The van der Waals surface area contributed by atoms with Gasteiger partial charge in [0.2, 0.25) is 10.0 Å². The lowest BCUT2D eigenvalue weighted by atomic mass is 10.1. The largest absolute Gasteiger partial charge is 0.441 e. The van der Waals surface area contributed by atoms with Crippen molar-refractivity contribution in [2.45, 2.75) is 50.8 Å². The molecule has 144 valence electrons. The van der Waals surface area contributed by atoms with Crippen molar-refractivity contribution in [1.82, 2.24) is 9.71 Å². The van der Waals surface area contributed by atoms with E-state index in [9.17, 15) is 8.42 Å². The Bertz CT molecular complexity index is 992. The zero-order chi connectivity index (χ0) is 19.3. The second-order valence-corrected chi connectivity index (χ2v) is 8.59. The standard InChI is InChI=1S/C21H26N2O3S/c1-3-4-5-6-17-8-10-18(11-9-17)27(24,25)22-14-13-21-23-19-15-16(2)7-12-20(19)26-21/h7-12,15,22H,3-6,13-14H2,1-2H3. The van der Waals surface area contributed by atoms with Gasteiger partial charge in [0.15, 0.2) is 11.5 Å². The van der Waals surface area contributed by atoms with E-state index in [0.717, 1.165) is 29.5 Å². The van der Waals surface area contributed by atoms with Crippen LogP contribution in [0.1, 0.15) is 43.2 Å². The van der Waals surface area contributed by atoms with Crippen LogP contribution in [0.5, 0.6) is 0 Å². The zero-order valence-corrected chi connectivity index (χ0v) is 16.7. The highest BCUT2D eigenvalue weighted by molar-refractivity contribution is 7.89. The van der Waals surface area contributed by atoms with Gasteiger partial charge in [-0.1, -0.05) is 38.0 Å². The Morgan fingerprint density at radius 1 is 1.04 bits per heavy atom. The highest BCUT2D eigenvalue weighted by Gasteiger charge is 2.14. The summed E-state index contributed by atoms with van der Waals surface area (Å²) in [6.45, 7) is 4.41. The molecule has 3 rings (SSSR count). The molecule has 0 aliphatic rings. The molecule has 0 saturated carbocycles. The summed E-state index contributed by atoms with van der Waals surface area (Å²) >= 11 is 0. The van der Waals surface area contributed by atoms with Crippen molar-refractivity contribution in [3.05, 3.63) is 59.5 Å². The maximum atomic E-state index is 12.4. The number of fused-ring (bicyclic) bond motifs is 1. The molecule has 1 aromatic heterocycles. The maximum absolute atomic E-state index is 12.4.